The van der Waals surface area contributed by atoms with E-state index in [2.05, 4.69) is 38.6 Å². The summed E-state index contributed by atoms with van der Waals surface area (Å²) in [5.41, 5.74) is 3.38. The molecule has 1 fully saturated rings. The predicted octanol–water partition coefficient (Wildman–Crippen LogP) is 3.67. The number of benzene rings is 1. The summed E-state index contributed by atoms with van der Waals surface area (Å²) in [4.78, 5) is 15.9. The van der Waals surface area contributed by atoms with Crippen LogP contribution in [0.3, 0.4) is 0 Å². The van der Waals surface area contributed by atoms with Gasteiger partial charge in [-0.15, -0.1) is 11.3 Å². The van der Waals surface area contributed by atoms with Crippen LogP contribution in [0, 0.1) is 6.92 Å². The quantitative estimate of drug-likeness (QED) is 0.464. The van der Waals surface area contributed by atoms with Gasteiger partial charge in [-0.1, -0.05) is 6.07 Å². The van der Waals surface area contributed by atoms with Gasteiger partial charge in [0.25, 0.3) is 0 Å². The molecule has 0 spiro atoms. The van der Waals surface area contributed by atoms with E-state index in [1.165, 1.54) is 5.56 Å². The van der Waals surface area contributed by atoms with Crippen molar-refractivity contribution in [1.82, 2.24) is 24.2 Å². The first-order valence-corrected chi connectivity index (χ1v) is 12.7. The molecular formula is C22H24N6O2S2. The number of likely N-dealkylation sites (N-methyl/N-ethyl adjacent to an activating group) is 1. The largest absolute Gasteiger partial charge is 0.346 e. The number of rotatable bonds is 5. The van der Waals surface area contributed by atoms with Crippen molar-refractivity contribution in [3.63, 3.8) is 0 Å². The van der Waals surface area contributed by atoms with Gasteiger partial charge in [0, 0.05) is 43.4 Å². The minimum Gasteiger partial charge on any atom is -0.346 e. The topological polar surface area (TPSA) is 94.2 Å². The molecular weight excluding hydrogens is 444 g/mol. The van der Waals surface area contributed by atoms with Crippen LogP contribution in [0.15, 0.2) is 52.9 Å². The van der Waals surface area contributed by atoms with Crippen molar-refractivity contribution in [3.8, 4) is 10.6 Å². The molecule has 0 aliphatic carbocycles. The Hall–Kier alpha value is -2.79. The summed E-state index contributed by atoms with van der Waals surface area (Å²) in [6, 6.07) is 10.9. The van der Waals surface area contributed by atoms with E-state index in [1.54, 1.807) is 33.8 Å². The average Bonchev–Trinajstić information content (AvgIpc) is 3.42. The Morgan fingerprint density at radius 3 is 2.66 bits per heavy atom. The molecule has 0 saturated carbocycles. The molecule has 0 bridgehead atoms. The van der Waals surface area contributed by atoms with Crippen LogP contribution in [0.5, 0.6) is 0 Å². The van der Waals surface area contributed by atoms with E-state index in [0.717, 1.165) is 34.7 Å². The number of thiophene rings is 1. The second-order valence-electron chi connectivity index (χ2n) is 7.98. The smallest absolute Gasteiger partial charge is 0.243 e. The number of hydrogen-bond acceptors (Lipinski definition) is 7. The molecule has 166 valence electrons. The van der Waals surface area contributed by atoms with Crippen molar-refractivity contribution in [2.24, 2.45) is 0 Å². The Labute approximate surface area is 191 Å². The van der Waals surface area contributed by atoms with Crippen LogP contribution < -0.4 is 5.32 Å². The average molecular weight is 469 g/mol. The Bertz CT molecular complexity index is 1370. The summed E-state index contributed by atoms with van der Waals surface area (Å²) >= 11 is 1.64. The number of nitrogens with one attached hydrogen (secondary N) is 2. The van der Waals surface area contributed by atoms with E-state index in [1.807, 2.05) is 25.4 Å². The van der Waals surface area contributed by atoms with Crippen LogP contribution in [0.4, 0.5) is 11.6 Å². The van der Waals surface area contributed by atoms with Gasteiger partial charge in [-0.2, -0.15) is 9.29 Å². The molecule has 0 amide bonds. The number of aromatic amines is 1. The molecule has 0 atom stereocenters. The number of anilines is 2. The first kappa shape index (κ1) is 21.1. The highest BCUT2D eigenvalue weighted by atomic mass is 32.2. The Morgan fingerprint density at radius 1 is 1.09 bits per heavy atom. The fourth-order valence-electron chi connectivity index (χ4n) is 3.78. The van der Waals surface area contributed by atoms with E-state index < -0.39 is 10.0 Å². The van der Waals surface area contributed by atoms with Crippen LogP contribution in [-0.4, -0.2) is 65.8 Å². The third-order valence-electron chi connectivity index (χ3n) is 5.57. The maximum Gasteiger partial charge on any atom is 0.243 e. The molecule has 2 N–H and O–H groups in total. The predicted molar refractivity (Wildman–Crippen MR) is 128 cm³/mol. The molecule has 3 aromatic heterocycles. The SMILES string of the molecule is Cc1csc(-c2nc(Nc3cccc(S(=O)(=O)N4CCN(C)CC4)c3)nc3[nH]ccc23)c1. The van der Waals surface area contributed by atoms with Crippen molar-refractivity contribution in [3.05, 3.63) is 53.5 Å². The fraction of sp³-hybridized carbons (Fsp3) is 0.273. The van der Waals surface area contributed by atoms with E-state index in [4.69, 9.17) is 4.98 Å². The second kappa shape index (κ2) is 8.28. The second-order valence-corrected chi connectivity index (χ2v) is 10.8. The van der Waals surface area contributed by atoms with Gasteiger partial charge in [0.1, 0.15) is 5.65 Å². The zero-order valence-corrected chi connectivity index (χ0v) is 19.5. The summed E-state index contributed by atoms with van der Waals surface area (Å²) in [6.07, 6.45) is 1.84. The summed E-state index contributed by atoms with van der Waals surface area (Å²) < 4.78 is 27.8. The van der Waals surface area contributed by atoms with Crippen molar-refractivity contribution in [1.29, 1.82) is 0 Å². The molecule has 1 aliphatic heterocycles. The first-order chi connectivity index (χ1) is 15.4. The monoisotopic (exact) mass is 468 g/mol. The molecule has 32 heavy (non-hydrogen) atoms. The van der Waals surface area contributed by atoms with Crippen LogP contribution in [-0.2, 0) is 10.0 Å². The molecule has 8 nitrogen and oxygen atoms in total. The highest BCUT2D eigenvalue weighted by Gasteiger charge is 2.27. The van der Waals surface area contributed by atoms with Gasteiger partial charge in [0.05, 0.1) is 15.5 Å². The third-order valence-corrected chi connectivity index (χ3v) is 8.52. The highest BCUT2D eigenvalue weighted by Crippen LogP contribution is 2.32. The van der Waals surface area contributed by atoms with E-state index in [0.29, 0.717) is 24.7 Å². The van der Waals surface area contributed by atoms with Gasteiger partial charge in [-0.05, 0) is 55.2 Å². The molecule has 5 rings (SSSR count). The molecule has 0 unspecified atom stereocenters. The number of fused-ring (bicyclic) bond motifs is 1. The fourth-order valence-corrected chi connectivity index (χ4v) is 6.15. The number of H-pyrrole nitrogens is 1. The van der Waals surface area contributed by atoms with Crippen molar-refractivity contribution >= 4 is 44.0 Å². The van der Waals surface area contributed by atoms with Crippen LogP contribution in [0.25, 0.3) is 21.6 Å². The summed E-state index contributed by atoms with van der Waals surface area (Å²) in [5.74, 6) is 0.412. The van der Waals surface area contributed by atoms with Gasteiger partial charge < -0.3 is 15.2 Å². The molecule has 10 heteroatoms. The number of nitrogens with zero attached hydrogens (tertiary/aromatic N) is 4. The number of piperazine rings is 1. The number of aryl methyl sites for hydroxylation is 1. The Balaban J connectivity index is 1.46. The van der Waals surface area contributed by atoms with E-state index in [-0.39, 0.29) is 4.90 Å². The Morgan fingerprint density at radius 2 is 1.91 bits per heavy atom. The lowest BCUT2D eigenvalue weighted by Gasteiger charge is -2.31. The summed E-state index contributed by atoms with van der Waals surface area (Å²) in [6.45, 7) is 4.50. The maximum absolute atomic E-state index is 13.1. The molecule has 0 radical (unpaired) electrons. The minimum absolute atomic E-state index is 0.266. The molecule has 1 saturated heterocycles. The molecule has 1 aromatic carbocycles. The molecule has 4 heterocycles. The zero-order valence-electron chi connectivity index (χ0n) is 17.9. The minimum atomic E-state index is -3.55. The highest BCUT2D eigenvalue weighted by molar-refractivity contribution is 7.89. The molecule has 1 aliphatic rings. The normalized spacial score (nSPS) is 15.9. The number of aromatic nitrogens is 3. The third kappa shape index (κ3) is 4.02. The van der Waals surface area contributed by atoms with Gasteiger partial charge >= 0.3 is 0 Å². The van der Waals surface area contributed by atoms with E-state index >= 15 is 0 Å². The van der Waals surface area contributed by atoms with Gasteiger partial charge in [-0.25, -0.2) is 13.4 Å². The van der Waals surface area contributed by atoms with Gasteiger partial charge in [-0.3, -0.25) is 0 Å². The standard InChI is InChI=1S/C22H24N6O2S2/c1-15-12-19(31-14-15)20-18-6-7-23-21(18)26-22(25-20)24-16-4-3-5-17(13-16)32(29,30)28-10-8-27(2)9-11-28/h3-7,12-14H,8-11H2,1-2H3,(H2,23,24,25,26). The van der Waals surface area contributed by atoms with Crippen LogP contribution in [0.1, 0.15) is 5.56 Å². The van der Waals surface area contributed by atoms with Crippen LogP contribution in [0.2, 0.25) is 0 Å². The lowest BCUT2D eigenvalue weighted by atomic mass is 10.2. The van der Waals surface area contributed by atoms with Crippen LogP contribution >= 0.6 is 11.3 Å². The summed E-state index contributed by atoms with van der Waals surface area (Å²) in [5, 5.41) is 6.24. The first-order valence-electron chi connectivity index (χ1n) is 10.4. The zero-order chi connectivity index (χ0) is 22.3. The number of sulfonamides is 1. The maximum atomic E-state index is 13.1. The summed E-state index contributed by atoms with van der Waals surface area (Å²) in [7, 11) is -1.55. The lowest BCUT2D eigenvalue weighted by Crippen LogP contribution is -2.47. The lowest BCUT2D eigenvalue weighted by molar-refractivity contribution is 0.222. The van der Waals surface area contributed by atoms with Crippen molar-refractivity contribution < 1.29 is 8.42 Å². The van der Waals surface area contributed by atoms with E-state index in [9.17, 15) is 8.42 Å². The number of hydrogen-bond donors (Lipinski definition) is 2. The Kier molecular flexibility index (Phi) is 5.46. The van der Waals surface area contributed by atoms with Crippen molar-refractivity contribution in [2.75, 3.05) is 38.5 Å². The van der Waals surface area contributed by atoms with Gasteiger partial charge in [0.2, 0.25) is 16.0 Å². The van der Waals surface area contributed by atoms with Gasteiger partial charge in [0.15, 0.2) is 0 Å². The van der Waals surface area contributed by atoms with Crippen molar-refractivity contribution in [2.45, 2.75) is 11.8 Å². The molecule has 4 aromatic rings.